The second-order valence-electron chi connectivity index (χ2n) is 4.06. The zero-order chi connectivity index (χ0) is 13.5. The van der Waals surface area contributed by atoms with Gasteiger partial charge in [0.15, 0.2) is 0 Å². The Labute approximate surface area is 101 Å². The minimum Gasteiger partial charge on any atom is -0.468 e. The number of nitrogens with zero attached hydrogens (tertiary/aromatic N) is 1. The Hall–Kier alpha value is -1.43. The Bertz CT molecular complexity index is 321. The van der Waals surface area contributed by atoms with Crippen LogP contribution in [0.5, 0.6) is 0 Å². The van der Waals surface area contributed by atoms with E-state index in [0.717, 1.165) is 0 Å². The van der Waals surface area contributed by atoms with E-state index in [1.807, 2.05) is 0 Å². The van der Waals surface area contributed by atoms with Gasteiger partial charge in [-0.05, 0) is 26.7 Å². The van der Waals surface area contributed by atoms with E-state index in [1.165, 1.54) is 13.2 Å². The lowest BCUT2D eigenvalue weighted by atomic mass is 9.97. The predicted octanol–water partition coefficient (Wildman–Crippen LogP) is 0.887. The molecule has 0 heterocycles. The van der Waals surface area contributed by atoms with E-state index >= 15 is 0 Å². The molecular formula is C11H20FN3O2. The number of carbonyl (C=O) groups excluding carboxylic acids is 1. The van der Waals surface area contributed by atoms with Crippen LogP contribution in [0.2, 0.25) is 0 Å². The molecule has 0 aliphatic carbocycles. The van der Waals surface area contributed by atoms with Crippen molar-refractivity contribution in [1.29, 1.82) is 0 Å². The van der Waals surface area contributed by atoms with Crippen molar-refractivity contribution in [3.05, 3.63) is 11.9 Å². The minimum absolute atomic E-state index is 0.0815. The maximum Gasteiger partial charge on any atom is 0.325 e. The molecule has 98 valence electrons. The molecule has 0 rings (SSSR count). The summed E-state index contributed by atoms with van der Waals surface area (Å²) in [5.41, 5.74) is 9.88. The molecule has 0 saturated heterocycles. The third kappa shape index (κ3) is 6.68. The minimum atomic E-state index is -1.10. The van der Waals surface area contributed by atoms with Crippen LogP contribution in [0.3, 0.4) is 0 Å². The van der Waals surface area contributed by atoms with E-state index in [9.17, 15) is 9.18 Å². The highest BCUT2D eigenvalue weighted by atomic mass is 19.1. The summed E-state index contributed by atoms with van der Waals surface area (Å²) in [7, 11) is 1.27. The van der Waals surface area contributed by atoms with E-state index in [2.05, 4.69) is 9.73 Å². The Morgan fingerprint density at radius 2 is 2.18 bits per heavy atom. The molecule has 0 aromatic heterocycles. The van der Waals surface area contributed by atoms with Gasteiger partial charge in [0.1, 0.15) is 11.4 Å². The van der Waals surface area contributed by atoms with Gasteiger partial charge in [-0.3, -0.25) is 9.79 Å². The van der Waals surface area contributed by atoms with Gasteiger partial charge in [-0.2, -0.15) is 0 Å². The summed E-state index contributed by atoms with van der Waals surface area (Å²) >= 11 is 0. The van der Waals surface area contributed by atoms with Crippen molar-refractivity contribution < 1.29 is 13.9 Å². The van der Waals surface area contributed by atoms with E-state index in [0.29, 0.717) is 18.7 Å². The largest absolute Gasteiger partial charge is 0.468 e. The fraction of sp³-hybridized carbons (Fsp3) is 0.636. The average molecular weight is 245 g/mol. The normalized spacial score (nSPS) is 16.5. The van der Waals surface area contributed by atoms with Crippen LogP contribution in [0, 0.1) is 0 Å². The van der Waals surface area contributed by atoms with Gasteiger partial charge in [0.05, 0.1) is 19.5 Å². The molecule has 0 aliphatic heterocycles. The van der Waals surface area contributed by atoms with Crippen molar-refractivity contribution in [3.63, 3.8) is 0 Å². The van der Waals surface area contributed by atoms with Crippen LogP contribution < -0.4 is 11.5 Å². The van der Waals surface area contributed by atoms with Gasteiger partial charge in [-0.15, -0.1) is 0 Å². The van der Waals surface area contributed by atoms with Crippen LogP contribution in [-0.4, -0.2) is 31.0 Å². The van der Waals surface area contributed by atoms with E-state index in [-0.39, 0.29) is 6.54 Å². The molecule has 5 nitrogen and oxygen atoms in total. The first kappa shape index (κ1) is 15.6. The third-order valence-corrected chi connectivity index (χ3v) is 2.16. The van der Waals surface area contributed by atoms with Gasteiger partial charge < -0.3 is 16.2 Å². The summed E-state index contributed by atoms with van der Waals surface area (Å²) in [6.07, 6.45) is 1.99. The van der Waals surface area contributed by atoms with Gasteiger partial charge in [0, 0.05) is 0 Å². The molecule has 0 fully saturated rings. The number of amidine groups is 1. The second kappa shape index (κ2) is 7.01. The zero-order valence-electron chi connectivity index (χ0n) is 10.5. The number of aliphatic imine (C=N–C) groups is 1. The molecule has 0 aromatic rings. The van der Waals surface area contributed by atoms with Crippen molar-refractivity contribution in [1.82, 2.24) is 0 Å². The first-order valence-corrected chi connectivity index (χ1v) is 5.28. The Kier molecular flexibility index (Phi) is 6.42. The fourth-order valence-electron chi connectivity index (χ4n) is 1.13. The maximum atomic E-state index is 13.2. The molecule has 0 saturated carbocycles. The molecule has 0 amide bonds. The molecule has 0 bridgehead atoms. The van der Waals surface area contributed by atoms with Crippen molar-refractivity contribution >= 4 is 11.8 Å². The maximum absolute atomic E-state index is 13.2. The summed E-state index contributed by atoms with van der Waals surface area (Å²) in [4.78, 5) is 14.9. The SMILES string of the molecule is COC(=O)C(C)(N)CCC=C(F)CN=C(C)N. The molecule has 1 unspecified atom stereocenters. The summed E-state index contributed by atoms with van der Waals surface area (Å²) in [6, 6.07) is 0. The zero-order valence-corrected chi connectivity index (χ0v) is 10.5. The summed E-state index contributed by atoms with van der Waals surface area (Å²) in [6.45, 7) is 3.05. The van der Waals surface area contributed by atoms with Gasteiger partial charge in [-0.1, -0.05) is 6.08 Å². The second-order valence-corrected chi connectivity index (χ2v) is 4.06. The smallest absolute Gasteiger partial charge is 0.325 e. The molecule has 0 aromatic carbocycles. The van der Waals surface area contributed by atoms with Crippen LogP contribution in [-0.2, 0) is 9.53 Å². The van der Waals surface area contributed by atoms with Crippen molar-refractivity contribution in [2.75, 3.05) is 13.7 Å². The predicted molar refractivity (Wildman–Crippen MR) is 65.2 cm³/mol. The standard InChI is InChI=1S/C11H20FN3O2/c1-8(13)15-7-9(12)5-4-6-11(2,14)10(16)17-3/h5H,4,6-7,14H2,1-3H3,(H2,13,15). The molecular weight excluding hydrogens is 225 g/mol. The number of hydrogen-bond acceptors (Lipinski definition) is 4. The summed E-state index contributed by atoms with van der Waals surface area (Å²) in [5.74, 6) is -0.579. The number of nitrogens with two attached hydrogens (primary N) is 2. The molecule has 17 heavy (non-hydrogen) atoms. The topological polar surface area (TPSA) is 90.7 Å². The number of ether oxygens (including phenoxy) is 1. The molecule has 6 heteroatoms. The molecule has 1 atom stereocenters. The lowest BCUT2D eigenvalue weighted by molar-refractivity contribution is -0.146. The van der Waals surface area contributed by atoms with Crippen LogP contribution >= 0.6 is 0 Å². The monoisotopic (exact) mass is 245 g/mol. The van der Waals surface area contributed by atoms with E-state index in [4.69, 9.17) is 11.5 Å². The number of hydrogen-bond donors (Lipinski definition) is 2. The number of allylic oxidation sites excluding steroid dienone is 1. The third-order valence-electron chi connectivity index (χ3n) is 2.16. The highest BCUT2D eigenvalue weighted by Crippen LogP contribution is 2.12. The van der Waals surface area contributed by atoms with E-state index < -0.39 is 17.3 Å². The van der Waals surface area contributed by atoms with Crippen LogP contribution in [0.1, 0.15) is 26.7 Å². The molecule has 0 aliphatic rings. The van der Waals surface area contributed by atoms with E-state index in [1.54, 1.807) is 13.8 Å². The lowest BCUT2D eigenvalue weighted by Gasteiger charge is -2.20. The van der Waals surface area contributed by atoms with Gasteiger partial charge in [-0.25, -0.2) is 4.39 Å². The first-order chi connectivity index (χ1) is 7.79. The Morgan fingerprint density at radius 3 is 2.65 bits per heavy atom. The number of halogens is 1. The van der Waals surface area contributed by atoms with Crippen molar-refractivity contribution in [3.8, 4) is 0 Å². The number of rotatable bonds is 6. The molecule has 4 N–H and O–H groups in total. The van der Waals surface area contributed by atoms with Gasteiger partial charge >= 0.3 is 5.97 Å². The first-order valence-electron chi connectivity index (χ1n) is 5.28. The highest BCUT2D eigenvalue weighted by Gasteiger charge is 2.28. The number of carbonyl (C=O) groups is 1. The van der Waals surface area contributed by atoms with Crippen LogP contribution in [0.4, 0.5) is 4.39 Å². The van der Waals surface area contributed by atoms with Crippen LogP contribution in [0.15, 0.2) is 16.9 Å². The van der Waals surface area contributed by atoms with Gasteiger partial charge in [0.25, 0.3) is 0 Å². The number of methoxy groups -OCH3 is 1. The molecule has 0 spiro atoms. The fourth-order valence-corrected chi connectivity index (χ4v) is 1.13. The number of esters is 1. The Morgan fingerprint density at radius 1 is 1.59 bits per heavy atom. The Balaban J connectivity index is 4.17. The quantitative estimate of drug-likeness (QED) is 0.413. The summed E-state index contributed by atoms with van der Waals surface area (Å²) < 4.78 is 17.7. The highest BCUT2D eigenvalue weighted by molar-refractivity contribution is 5.79. The van der Waals surface area contributed by atoms with Gasteiger partial charge in [0.2, 0.25) is 0 Å². The average Bonchev–Trinajstić information content (AvgIpc) is 2.24. The molecule has 0 radical (unpaired) electrons. The van der Waals surface area contributed by atoms with Crippen LogP contribution in [0.25, 0.3) is 0 Å². The summed E-state index contributed by atoms with van der Waals surface area (Å²) in [5, 5.41) is 0. The lowest BCUT2D eigenvalue weighted by Crippen LogP contribution is -2.45. The van der Waals surface area contributed by atoms with Crippen molar-refractivity contribution in [2.45, 2.75) is 32.2 Å². The van der Waals surface area contributed by atoms with Crippen molar-refractivity contribution in [2.24, 2.45) is 16.5 Å².